The molecule has 2 heterocycles. The molecule has 2 aromatic heterocycles. The van der Waals surface area contributed by atoms with E-state index in [0.29, 0.717) is 11.6 Å². The lowest BCUT2D eigenvalue weighted by Gasteiger charge is -2.04. The van der Waals surface area contributed by atoms with Gasteiger partial charge in [0.1, 0.15) is 11.5 Å². The van der Waals surface area contributed by atoms with Crippen LogP contribution in [0.5, 0.6) is 0 Å². The van der Waals surface area contributed by atoms with Gasteiger partial charge in [0.05, 0.1) is 11.8 Å². The van der Waals surface area contributed by atoms with E-state index in [-0.39, 0.29) is 0 Å². The van der Waals surface area contributed by atoms with Crippen molar-refractivity contribution in [2.75, 3.05) is 5.73 Å². The van der Waals surface area contributed by atoms with Gasteiger partial charge in [0, 0.05) is 22.0 Å². The van der Waals surface area contributed by atoms with Crippen LogP contribution in [0.3, 0.4) is 0 Å². The minimum absolute atomic E-state index is 0.301. The van der Waals surface area contributed by atoms with Crippen molar-refractivity contribution in [1.82, 2.24) is 5.16 Å². The molecule has 0 aliphatic rings. The molecule has 4 nitrogen and oxygen atoms in total. The number of hydrogen-bond donors (Lipinski definition) is 1. The number of nitrogens with two attached hydrogens (primary N) is 1. The predicted molar refractivity (Wildman–Crippen MR) is 81.1 cm³/mol. The van der Waals surface area contributed by atoms with Crippen LogP contribution in [-0.4, -0.2) is 5.16 Å². The largest absolute Gasteiger partial charge is 0.469 e. The molecule has 5 heteroatoms. The van der Waals surface area contributed by atoms with Crippen LogP contribution in [0.15, 0.2) is 50.0 Å². The summed E-state index contributed by atoms with van der Waals surface area (Å²) in [5.41, 5.74) is 9.32. The molecule has 102 valence electrons. The Bertz CT molecular complexity index is 746. The summed E-state index contributed by atoms with van der Waals surface area (Å²) in [6.07, 6.45) is 2.44. The molecule has 0 unspecified atom stereocenters. The van der Waals surface area contributed by atoms with E-state index in [1.165, 1.54) is 0 Å². The quantitative estimate of drug-likeness (QED) is 0.766. The van der Waals surface area contributed by atoms with Crippen LogP contribution >= 0.6 is 15.9 Å². The molecular formula is C15H13BrN2O2. The van der Waals surface area contributed by atoms with E-state index in [1.807, 2.05) is 37.3 Å². The third-order valence-corrected chi connectivity index (χ3v) is 3.87. The van der Waals surface area contributed by atoms with E-state index in [2.05, 4.69) is 21.1 Å². The Morgan fingerprint density at radius 1 is 1.20 bits per heavy atom. The number of aromatic nitrogens is 1. The van der Waals surface area contributed by atoms with E-state index in [4.69, 9.17) is 14.7 Å². The minimum atomic E-state index is 0.301. The summed E-state index contributed by atoms with van der Waals surface area (Å²) in [5.74, 6) is 1.17. The summed E-state index contributed by atoms with van der Waals surface area (Å²) >= 11 is 3.54. The van der Waals surface area contributed by atoms with Crippen molar-refractivity contribution in [3.8, 4) is 22.4 Å². The van der Waals surface area contributed by atoms with Crippen molar-refractivity contribution in [2.24, 2.45) is 0 Å². The number of nitrogen functional groups attached to an aromatic ring is 1. The average Bonchev–Trinajstić information content (AvgIpc) is 3.05. The lowest BCUT2D eigenvalue weighted by atomic mass is 10.0. The van der Waals surface area contributed by atoms with Crippen LogP contribution in [0, 0.1) is 0 Å². The first-order valence-corrected chi connectivity index (χ1v) is 7.08. The monoisotopic (exact) mass is 332 g/mol. The van der Waals surface area contributed by atoms with Crippen LogP contribution in [0.2, 0.25) is 0 Å². The molecule has 1 aromatic carbocycles. The summed E-state index contributed by atoms with van der Waals surface area (Å²) in [4.78, 5) is 0. The fourth-order valence-electron chi connectivity index (χ4n) is 2.24. The Labute approximate surface area is 124 Å². The zero-order valence-electron chi connectivity index (χ0n) is 10.9. The maximum Gasteiger partial charge on any atom is 0.230 e. The SMILES string of the molecule is CCc1occc1-c1noc(N)c1-c1ccccc1Br. The number of furan rings is 1. The first-order chi connectivity index (χ1) is 9.72. The molecule has 0 aliphatic carbocycles. The molecule has 2 N–H and O–H groups in total. The first kappa shape index (κ1) is 13.0. The molecular weight excluding hydrogens is 320 g/mol. The Morgan fingerprint density at radius 3 is 2.75 bits per heavy atom. The molecule has 0 amide bonds. The first-order valence-electron chi connectivity index (χ1n) is 6.29. The fraction of sp³-hybridized carbons (Fsp3) is 0.133. The Balaban J connectivity index is 2.23. The molecule has 0 fully saturated rings. The molecule has 3 aromatic rings. The third-order valence-electron chi connectivity index (χ3n) is 3.18. The zero-order valence-corrected chi connectivity index (χ0v) is 12.5. The number of halogens is 1. The van der Waals surface area contributed by atoms with Crippen molar-refractivity contribution >= 4 is 21.8 Å². The Morgan fingerprint density at radius 2 is 2.00 bits per heavy atom. The van der Waals surface area contributed by atoms with E-state index in [0.717, 1.165) is 33.3 Å². The smallest absolute Gasteiger partial charge is 0.230 e. The van der Waals surface area contributed by atoms with Crippen LogP contribution in [0.1, 0.15) is 12.7 Å². The van der Waals surface area contributed by atoms with Crippen LogP contribution in [0.25, 0.3) is 22.4 Å². The van der Waals surface area contributed by atoms with E-state index in [9.17, 15) is 0 Å². The number of benzene rings is 1. The number of nitrogens with zero attached hydrogens (tertiary/aromatic N) is 1. The Hall–Kier alpha value is -2.01. The number of rotatable bonds is 3. The molecule has 0 spiro atoms. The van der Waals surface area contributed by atoms with Crippen LogP contribution in [-0.2, 0) is 6.42 Å². The second kappa shape index (κ2) is 5.17. The number of anilines is 1. The zero-order chi connectivity index (χ0) is 14.1. The highest BCUT2D eigenvalue weighted by Gasteiger charge is 2.22. The summed E-state index contributed by atoms with van der Waals surface area (Å²) in [7, 11) is 0. The minimum Gasteiger partial charge on any atom is -0.469 e. The van der Waals surface area contributed by atoms with Crippen molar-refractivity contribution < 1.29 is 8.94 Å². The maximum atomic E-state index is 5.96. The molecule has 0 atom stereocenters. The fourth-order valence-corrected chi connectivity index (χ4v) is 2.72. The van der Waals surface area contributed by atoms with E-state index in [1.54, 1.807) is 6.26 Å². The molecule has 0 radical (unpaired) electrons. The lowest BCUT2D eigenvalue weighted by molar-refractivity contribution is 0.439. The van der Waals surface area contributed by atoms with Gasteiger partial charge in [-0.3, -0.25) is 0 Å². The highest BCUT2D eigenvalue weighted by Crippen LogP contribution is 2.40. The molecule has 3 rings (SSSR count). The highest BCUT2D eigenvalue weighted by atomic mass is 79.9. The van der Waals surface area contributed by atoms with Crippen molar-refractivity contribution in [1.29, 1.82) is 0 Å². The average molecular weight is 333 g/mol. The second-order valence-electron chi connectivity index (χ2n) is 4.36. The van der Waals surface area contributed by atoms with E-state index < -0.39 is 0 Å². The second-order valence-corrected chi connectivity index (χ2v) is 5.22. The van der Waals surface area contributed by atoms with Gasteiger partial charge in [0.2, 0.25) is 5.88 Å². The van der Waals surface area contributed by atoms with E-state index >= 15 is 0 Å². The number of hydrogen-bond acceptors (Lipinski definition) is 4. The van der Waals surface area contributed by atoms with Gasteiger partial charge < -0.3 is 14.7 Å². The normalized spacial score (nSPS) is 10.9. The predicted octanol–water partition coefficient (Wildman–Crippen LogP) is 4.51. The van der Waals surface area contributed by atoms with Gasteiger partial charge in [0.25, 0.3) is 0 Å². The van der Waals surface area contributed by atoms with Crippen LogP contribution < -0.4 is 5.73 Å². The van der Waals surface area contributed by atoms with Gasteiger partial charge in [0.15, 0.2) is 0 Å². The van der Waals surface area contributed by atoms with Gasteiger partial charge in [-0.15, -0.1) is 0 Å². The van der Waals surface area contributed by atoms with Crippen LogP contribution in [0.4, 0.5) is 5.88 Å². The van der Waals surface area contributed by atoms with Gasteiger partial charge >= 0.3 is 0 Å². The molecule has 0 saturated heterocycles. The summed E-state index contributed by atoms with van der Waals surface area (Å²) in [6.45, 7) is 2.03. The maximum absolute atomic E-state index is 5.96. The van der Waals surface area contributed by atoms with Gasteiger partial charge in [-0.25, -0.2) is 0 Å². The Kier molecular flexibility index (Phi) is 3.36. The summed E-state index contributed by atoms with van der Waals surface area (Å²) in [6, 6.07) is 9.72. The standard InChI is InChI=1S/C15H13BrN2O2/c1-2-12-10(7-8-19-12)14-13(15(17)20-18-14)9-5-3-4-6-11(9)16/h3-8H,2,17H2,1H3. The molecule has 20 heavy (non-hydrogen) atoms. The molecule has 0 saturated carbocycles. The molecule has 0 bridgehead atoms. The van der Waals surface area contributed by atoms with Gasteiger partial charge in [-0.2, -0.15) is 0 Å². The van der Waals surface area contributed by atoms with Gasteiger partial charge in [-0.1, -0.05) is 46.2 Å². The highest BCUT2D eigenvalue weighted by molar-refractivity contribution is 9.10. The molecule has 0 aliphatic heterocycles. The summed E-state index contributed by atoms with van der Waals surface area (Å²) in [5, 5.41) is 4.10. The third kappa shape index (κ3) is 2.04. The van der Waals surface area contributed by atoms with Gasteiger partial charge in [-0.05, 0) is 12.1 Å². The van der Waals surface area contributed by atoms with Crippen molar-refractivity contribution in [2.45, 2.75) is 13.3 Å². The van der Waals surface area contributed by atoms with Crippen molar-refractivity contribution in [3.63, 3.8) is 0 Å². The number of aryl methyl sites for hydroxylation is 1. The lowest BCUT2D eigenvalue weighted by Crippen LogP contribution is -1.89. The topological polar surface area (TPSA) is 65.2 Å². The summed E-state index contributed by atoms with van der Waals surface area (Å²) < 4.78 is 11.6. The van der Waals surface area contributed by atoms with Crippen molar-refractivity contribution in [3.05, 3.63) is 46.8 Å².